The van der Waals surface area contributed by atoms with Gasteiger partial charge >= 0.3 is 5.97 Å². The zero-order valence-electron chi connectivity index (χ0n) is 10.4. The van der Waals surface area contributed by atoms with E-state index in [0.29, 0.717) is 11.3 Å². The summed E-state index contributed by atoms with van der Waals surface area (Å²) in [7, 11) is 1.45. The summed E-state index contributed by atoms with van der Waals surface area (Å²) < 4.78 is 5.16. The lowest BCUT2D eigenvalue weighted by Crippen LogP contribution is -2.04. The van der Waals surface area contributed by atoms with Crippen molar-refractivity contribution >= 4 is 5.97 Å². The fourth-order valence-electron chi connectivity index (χ4n) is 1.88. The van der Waals surface area contributed by atoms with E-state index >= 15 is 0 Å². The molecule has 0 aromatic heterocycles. The van der Waals surface area contributed by atoms with Gasteiger partial charge in [-0.25, -0.2) is 4.79 Å². The van der Waals surface area contributed by atoms with Crippen LogP contribution in [-0.4, -0.2) is 23.3 Å². The maximum absolute atomic E-state index is 10.9. The van der Waals surface area contributed by atoms with Gasteiger partial charge in [0.1, 0.15) is 11.9 Å². The van der Waals surface area contributed by atoms with Gasteiger partial charge in [0.2, 0.25) is 0 Å². The van der Waals surface area contributed by atoms with Crippen LogP contribution in [0.5, 0.6) is 5.75 Å². The number of aromatic carboxylic acids is 1. The number of hydrogen-bond donors (Lipinski definition) is 2. The molecule has 2 rings (SSSR count). The van der Waals surface area contributed by atoms with Crippen LogP contribution in [0.2, 0.25) is 0 Å². The number of carboxylic acid groups (broad SMARTS) is 1. The van der Waals surface area contributed by atoms with Gasteiger partial charge in [0.25, 0.3) is 0 Å². The first-order valence-electron chi connectivity index (χ1n) is 5.77. The van der Waals surface area contributed by atoms with Gasteiger partial charge in [-0.1, -0.05) is 36.4 Å². The van der Waals surface area contributed by atoms with Gasteiger partial charge in [0.15, 0.2) is 0 Å². The van der Waals surface area contributed by atoms with Gasteiger partial charge in [-0.05, 0) is 17.7 Å². The minimum atomic E-state index is -1.03. The molecule has 4 nitrogen and oxygen atoms in total. The lowest BCUT2D eigenvalue weighted by molar-refractivity contribution is 0.0696. The van der Waals surface area contributed by atoms with Crippen molar-refractivity contribution in [2.45, 2.75) is 6.10 Å². The topological polar surface area (TPSA) is 66.8 Å². The highest BCUT2D eigenvalue weighted by molar-refractivity contribution is 5.88. The molecular formula is C15H14O4. The van der Waals surface area contributed by atoms with E-state index in [-0.39, 0.29) is 5.56 Å². The van der Waals surface area contributed by atoms with Crippen molar-refractivity contribution in [2.24, 2.45) is 0 Å². The lowest BCUT2D eigenvalue weighted by Gasteiger charge is -2.15. The molecule has 2 N–H and O–H groups in total. The molecule has 2 aromatic rings. The predicted molar refractivity (Wildman–Crippen MR) is 70.5 cm³/mol. The minimum absolute atomic E-state index is 0.126. The van der Waals surface area contributed by atoms with Crippen LogP contribution >= 0.6 is 0 Å². The van der Waals surface area contributed by atoms with E-state index in [2.05, 4.69) is 0 Å². The van der Waals surface area contributed by atoms with Gasteiger partial charge in [-0.15, -0.1) is 0 Å². The van der Waals surface area contributed by atoms with Gasteiger partial charge in [0.05, 0.1) is 12.7 Å². The van der Waals surface area contributed by atoms with Crippen molar-refractivity contribution in [3.05, 3.63) is 65.2 Å². The lowest BCUT2D eigenvalue weighted by atomic mass is 9.99. The SMILES string of the molecule is COc1cc(C(=O)O)ccc1C(O)c1ccccc1. The van der Waals surface area contributed by atoms with Crippen LogP contribution in [0.25, 0.3) is 0 Å². The van der Waals surface area contributed by atoms with E-state index < -0.39 is 12.1 Å². The van der Waals surface area contributed by atoms with Crippen molar-refractivity contribution in [2.75, 3.05) is 7.11 Å². The van der Waals surface area contributed by atoms with Gasteiger partial charge in [-0.2, -0.15) is 0 Å². The summed E-state index contributed by atoms with van der Waals surface area (Å²) in [4.78, 5) is 10.9. The summed E-state index contributed by atoms with van der Waals surface area (Å²) in [5.41, 5.74) is 1.39. The summed E-state index contributed by atoms with van der Waals surface area (Å²) in [5, 5.41) is 19.2. The van der Waals surface area contributed by atoms with Crippen molar-refractivity contribution in [1.82, 2.24) is 0 Å². The van der Waals surface area contributed by atoms with E-state index in [0.717, 1.165) is 5.56 Å². The molecule has 0 aliphatic carbocycles. The Morgan fingerprint density at radius 1 is 1.16 bits per heavy atom. The number of rotatable bonds is 4. The third kappa shape index (κ3) is 2.74. The van der Waals surface area contributed by atoms with E-state index in [9.17, 15) is 9.90 Å². The van der Waals surface area contributed by atoms with Crippen LogP contribution in [0.1, 0.15) is 27.6 Å². The molecule has 4 heteroatoms. The van der Waals surface area contributed by atoms with E-state index in [4.69, 9.17) is 9.84 Å². The van der Waals surface area contributed by atoms with Crippen molar-refractivity contribution in [3.8, 4) is 5.75 Å². The summed E-state index contributed by atoms with van der Waals surface area (Å²) in [6.07, 6.45) is -0.848. The first kappa shape index (κ1) is 13.1. The maximum atomic E-state index is 10.9. The van der Waals surface area contributed by atoms with Gasteiger partial charge < -0.3 is 14.9 Å². The normalized spacial score (nSPS) is 11.9. The van der Waals surface area contributed by atoms with Crippen LogP contribution in [0.3, 0.4) is 0 Å². The zero-order valence-corrected chi connectivity index (χ0v) is 10.4. The Labute approximate surface area is 110 Å². The third-order valence-electron chi connectivity index (χ3n) is 2.89. The van der Waals surface area contributed by atoms with Gasteiger partial charge in [0, 0.05) is 5.56 Å². The molecule has 0 aliphatic rings. The maximum Gasteiger partial charge on any atom is 0.335 e. The molecule has 0 saturated heterocycles. The first-order valence-corrected chi connectivity index (χ1v) is 5.77. The Hall–Kier alpha value is -2.33. The van der Waals surface area contributed by atoms with Crippen LogP contribution in [0.4, 0.5) is 0 Å². The summed E-state index contributed by atoms with van der Waals surface area (Å²) >= 11 is 0. The molecule has 1 atom stereocenters. The highest BCUT2D eigenvalue weighted by atomic mass is 16.5. The Morgan fingerprint density at radius 2 is 1.84 bits per heavy atom. The molecule has 98 valence electrons. The quantitative estimate of drug-likeness (QED) is 0.884. The Balaban J connectivity index is 2.42. The summed E-state index contributed by atoms with van der Waals surface area (Å²) in [6.45, 7) is 0. The molecule has 0 radical (unpaired) electrons. The smallest absolute Gasteiger partial charge is 0.335 e. The van der Waals surface area contributed by atoms with Crippen molar-refractivity contribution in [3.63, 3.8) is 0 Å². The summed E-state index contributed by atoms with van der Waals surface area (Å²) in [5.74, 6) is -0.671. The Morgan fingerprint density at radius 3 is 2.42 bits per heavy atom. The van der Waals surface area contributed by atoms with Gasteiger partial charge in [-0.3, -0.25) is 0 Å². The Bertz CT molecular complexity index is 578. The molecule has 0 amide bonds. The highest BCUT2D eigenvalue weighted by Crippen LogP contribution is 2.30. The molecule has 0 fully saturated rings. The number of carbonyl (C=O) groups is 1. The number of aliphatic hydroxyl groups is 1. The van der Waals surface area contributed by atoms with Crippen LogP contribution < -0.4 is 4.74 Å². The molecule has 0 bridgehead atoms. The van der Waals surface area contributed by atoms with E-state index in [1.165, 1.54) is 19.2 Å². The number of aliphatic hydroxyl groups excluding tert-OH is 1. The van der Waals surface area contributed by atoms with Crippen molar-refractivity contribution in [1.29, 1.82) is 0 Å². The second kappa shape index (κ2) is 5.54. The zero-order chi connectivity index (χ0) is 13.8. The first-order chi connectivity index (χ1) is 9.13. The molecule has 0 aliphatic heterocycles. The number of benzene rings is 2. The van der Waals surface area contributed by atoms with Crippen molar-refractivity contribution < 1.29 is 19.7 Å². The average Bonchev–Trinajstić information content (AvgIpc) is 2.46. The van der Waals surface area contributed by atoms with Crippen LogP contribution in [0.15, 0.2) is 48.5 Å². The molecule has 0 spiro atoms. The second-order valence-electron chi connectivity index (χ2n) is 4.08. The Kier molecular flexibility index (Phi) is 3.82. The standard InChI is InChI=1S/C15H14O4/c1-19-13-9-11(15(17)18)7-8-12(13)14(16)10-5-3-2-4-6-10/h2-9,14,16H,1H3,(H,17,18). The van der Waals surface area contributed by atoms with E-state index in [1.54, 1.807) is 18.2 Å². The number of carboxylic acids is 1. The minimum Gasteiger partial charge on any atom is -0.496 e. The average molecular weight is 258 g/mol. The fourth-order valence-corrected chi connectivity index (χ4v) is 1.88. The number of ether oxygens (including phenoxy) is 1. The number of methoxy groups -OCH3 is 1. The molecule has 0 saturated carbocycles. The fraction of sp³-hybridized carbons (Fsp3) is 0.133. The van der Waals surface area contributed by atoms with E-state index in [1.807, 2.05) is 18.2 Å². The molecule has 19 heavy (non-hydrogen) atoms. The van der Waals surface area contributed by atoms with Crippen LogP contribution in [0, 0.1) is 0 Å². The number of hydrogen-bond acceptors (Lipinski definition) is 3. The predicted octanol–water partition coefficient (Wildman–Crippen LogP) is 2.48. The molecule has 2 aromatic carbocycles. The third-order valence-corrected chi connectivity index (χ3v) is 2.89. The largest absolute Gasteiger partial charge is 0.496 e. The molecule has 0 heterocycles. The van der Waals surface area contributed by atoms with Crippen LogP contribution in [-0.2, 0) is 0 Å². The highest BCUT2D eigenvalue weighted by Gasteiger charge is 2.17. The monoisotopic (exact) mass is 258 g/mol. The molecular weight excluding hydrogens is 244 g/mol. The molecule has 1 unspecified atom stereocenters. The second-order valence-corrected chi connectivity index (χ2v) is 4.08. The summed E-state index contributed by atoms with van der Waals surface area (Å²) in [6, 6.07) is 13.6.